The predicted octanol–water partition coefficient (Wildman–Crippen LogP) is 2.18. The van der Waals surface area contributed by atoms with E-state index in [2.05, 4.69) is 0 Å². The molecular weight excluding hydrogens is 295 g/mol. The summed E-state index contributed by atoms with van der Waals surface area (Å²) in [5, 5.41) is 2.47. The van der Waals surface area contributed by atoms with E-state index in [1.54, 1.807) is 18.2 Å². The van der Waals surface area contributed by atoms with E-state index >= 15 is 0 Å². The highest BCUT2D eigenvalue weighted by molar-refractivity contribution is 6.31. The number of nitrogens with two attached hydrogens (primary N) is 1. The SMILES string of the molecule is Nc1cc(Cl)ccc1N1CCC(NC(=O)C(F)(F)F)C1. The Kier molecular flexibility index (Phi) is 3.99. The maximum absolute atomic E-state index is 12.2. The lowest BCUT2D eigenvalue weighted by Crippen LogP contribution is -2.44. The fourth-order valence-electron chi connectivity index (χ4n) is 2.18. The van der Waals surface area contributed by atoms with Gasteiger partial charge in [-0.25, -0.2) is 0 Å². The summed E-state index contributed by atoms with van der Waals surface area (Å²) in [6.45, 7) is 0.808. The van der Waals surface area contributed by atoms with Gasteiger partial charge in [0.2, 0.25) is 0 Å². The van der Waals surface area contributed by atoms with Crippen LogP contribution in [0.5, 0.6) is 0 Å². The van der Waals surface area contributed by atoms with Crippen molar-refractivity contribution in [3.8, 4) is 0 Å². The van der Waals surface area contributed by atoms with E-state index in [4.69, 9.17) is 17.3 Å². The summed E-state index contributed by atoms with van der Waals surface area (Å²) < 4.78 is 36.5. The molecule has 0 spiro atoms. The van der Waals surface area contributed by atoms with Crippen LogP contribution in [0.2, 0.25) is 5.02 Å². The molecule has 0 saturated carbocycles. The van der Waals surface area contributed by atoms with Crippen LogP contribution < -0.4 is 16.0 Å². The zero-order chi connectivity index (χ0) is 14.9. The Labute approximate surface area is 118 Å². The number of nitrogens with zero attached hydrogens (tertiary/aromatic N) is 1. The van der Waals surface area contributed by atoms with Crippen molar-refractivity contribution in [1.29, 1.82) is 0 Å². The molecule has 0 bridgehead atoms. The topological polar surface area (TPSA) is 58.4 Å². The predicted molar refractivity (Wildman–Crippen MR) is 70.7 cm³/mol. The highest BCUT2D eigenvalue weighted by Crippen LogP contribution is 2.29. The zero-order valence-electron chi connectivity index (χ0n) is 10.4. The molecule has 1 amide bonds. The van der Waals surface area contributed by atoms with Crippen LogP contribution in [0, 0.1) is 0 Å². The second kappa shape index (κ2) is 5.40. The molecule has 0 aromatic heterocycles. The van der Waals surface area contributed by atoms with Crippen molar-refractivity contribution in [3.63, 3.8) is 0 Å². The molecule has 1 aliphatic rings. The molecule has 110 valence electrons. The van der Waals surface area contributed by atoms with E-state index in [0.29, 0.717) is 29.4 Å². The third-order valence-corrected chi connectivity index (χ3v) is 3.35. The maximum Gasteiger partial charge on any atom is 0.471 e. The number of hydrogen-bond donors (Lipinski definition) is 2. The third kappa shape index (κ3) is 3.27. The van der Waals surface area contributed by atoms with Gasteiger partial charge in [0.1, 0.15) is 0 Å². The number of hydrogen-bond acceptors (Lipinski definition) is 3. The number of amides is 1. The molecule has 2 rings (SSSR count). The summed E-state index contributed by atoms with van der Waals surface area (Å²) >= 11 is 5.79. The number of halogens is 4. The summed E-state index contributed by atoms with van der Waals surface area (Å²) in [5.74, 6) is -1.91. The molecule has 0 aliphatic carbocycles. The first kappa shape index (κ1) is 14.8. The van der Waals surface area contributed by atoms with E-state index < -0.39 is 18.1 Å². The summed E-state index contributed by atoms with van der Waals surface area (Å²) in [7, 11) is 0. The first-order chi connectivity index (χ1) is 9.27. The van der Waals surface area contributed by atoms with Gasteiger partial charge in [-0.2, -0.15) is 13.2 Å². The van der Waals surface area contributed by atoms with E-state index in [1.807, 2.05) is 10.2 Å². The highest BCUT2D eigenvalue weighted by atomic mass is 35.5. The molecule has 4 nitrogen and oxygen atoms in total. The summed E-state index contributed by atoms with van der Waals surface area (Å²) in [6, 6.07) is 4.41. The molecule has 3 N–H and O–H groups in total. The number of benzene rings is 1. The van der Waals surface area contributed by atoms with Crippen LogP contribution in [0.1, 0.15) is 6.42 Å². The van der Waals surface area contributed by atoms with Gasteiger partial charge in [0.15, 0.2) is 0 Å². The van der Waals surface area contributed by atoms with Crippen LogP contribution in [-0.4, -0.2) is 31.2 Å². The molecule has 0 radical (unpaired) electrons. The molecule has 1 atom stereocenters. The lowest BCUT2D eigenvalue weighted by atomic mass is 10.2. The maximum atomic E-state index is 12.2. The minimum absolute atomic E-state index is 0.285. The fraction of sp³-hybridized carbons (Fsp3) is 0.417. The van der Waals surface area contributed by atoms with Crippen molar-refractivity contribution in [1.82, 2.24) is 5.32 Å². The molecule has 1 heterocycles. The van der Waals surface area contributed by atoms with Crippen molar-refractivity contribution < 1.29 is 18.0 Å². The number of anilines is 2. The third-order valence-electron chi connectivity index (χ3n) is 3.11. The van der Waals surface area contributed by atoms with Crippen molar-refractivity contribution in [2.75, 3.05) is 23.7 Å². The second-order valence-electron chi connectivity index (χ2n) is 4.61. The normalized spacial score (nSPS) is 19.2. The van der Waals surface area contributed by atoms with Gasteiger partial charge in [0, 0.05) is 24.2 Å². The minimum atomic E-state index is -4.85. The minimum Gasteiger partial charge on any atom is -0.397 e. The molecular formula is C12H13ClF3N3O. The van der Waals surface area contributed by atoms with Crippen molar-refractivity contribution in [3.05, 3.63) is 23.2 Å². The largest absolute Gasteiger partial charge is 0.471 e. The van der Waals surface area contributed by atoms with Gasteiger partial charge in [0.05, 0.1) is 11.4 Å². The van der Waals surface area contributed by atoms with Crippen molar-refractivity contribution in [2.45, 2.75) is 18.6 Å². The molecule has 1 fully saturated rings. The molecule has 1 saturated heterocycles. The summed E-state index contributed by atoms with van der Waals surface area (Å²) in [5.41, 5.74) is 6.99. The van der Waals surface area contributed by atoms with Crippen molar-refractivity contribution in [2.24, 2.45) is 0 Å². The molecule has 1 aromatic rings. The first-order valence-electron chi connectivity index (χ1n) is 5.95. The monoisotopic (exact) mass is 307 g/mol. The number of carbonyl (C=O) groups is 1. The van der Waals surface area contributed by atoms with E-state index in [-0.39, 0.29) is 6.54 Å². The lowest BCUT2D eigenvalue weighted by molar-refractivity contribution is -0.174. The number of nitrogen functional groups attached to an aromatic ring is 1. The van der Waals surface area contributed by atoms with Gasteiger partial charge in [-0.1, -0.05) is 11.6 Å². The Hall–Kier alpha value is -1.63. The Morgan fingerprint density at radius 2 is 2.15 bits per heavy atom. The van der Waals surface area contributed by atoms with Gasteiger partial charge in [0.25, 0.3) is 0 Å². The van der Waals surface area contributed by atoms with Crippen LogP contribution in [0.3, 0.4) is 0 Å². The van der Waals surface area contributed by atoms with Gasteiger partial charge in [-0.05, 0) is 24.6 Å². The van der Waals surface area contributed by atoms with Crippen LogP contribution in [0.25, 0.3) is 0 Å². The van der Waals surface area contributed by atoms with E-state index in [1.165, 1.54) is 0 Å². The quantitative estimate of drug-likeness (QED) is 0.823. The van der Waals surface area contributed by atoms with Gasteiger partial charge in [-0.15, -0.1) is 0 Å². The highest BCUT2D eigenvalue weighted by Gasteiger charge is 2.40. The van der Waals surface area contributed by atoms with Crippen molar-refractivity contribution >= 4 is 28.9 Å². The van der Waals surface area contributed by atoms with Gasteiger partial charge in [-0.3, -0.25) is 4.79 Å². The molecule has 1 aromatic carbocycles. The summed E-state index contributed by atoms with van der Waals surface area (Å²) in [4.78, 5) is 12.7. The number of rotatable bonds is 2. The van der Waals surface area contributed by atoms with Crippen LogP contribution in [-0.2, 0) is 4.79 Å². The fourth-order valence-corrected chi connectivity index (χ4v) is 2.36. The Morgan fingerprint density at radius 1 is 1.45 bits per heavy atom. The Bertz CT molecular complexity index is 521. The van der Waals surface area contributed by atoms with Crippen LogP contribution in [0.4, 0.5) is 24.5 Å². The van der Waals surface area contributed by atoms with Gasteiger partial charge < -0.3 is 16.0 Å². The first-order valence-corrected chi connectivity index (χ1v) is 6.33. The number of carbonyl (C=O) groups excluding carboxylic acids is 1. The second-order valence-corrected chi connectivity index (χ2v) is 5.04. The van der Waals surface area contributed by atoms with Gasteiger partial charge >= 0.3 is 12.1 Å². The smallest absolute Gasteiger partial charge is 0.397 e. The summed E-state index contributed by atoms with van der Waals surface area (Å²) in [6.07, 6.45) is -4.42. The average Bonchev–Trinajstić information content (AvgIpc) is 2.76. The molecule has 20 heavy (non-hydrogen) atoms. The number of nitrogens with one attached hydrogen (secondary N) is 1. The Balaban J connectivity index is 2.00. The molecule has 1 aliphatic heterocycles. The lowest BCUT2D eigenvalue weighted by Gasteiger charge is -2.21. The molecule has 1 unspecified atom stereocenters. The standard InChI is InChI=1S/C12H13ClF3N3O/c13-7-1-2-10(9(17)5-7)19-4-3-8(6-19)18-11(20)12(14,15)16/h1-2,5,8H,3-4,6,17H2,(H,18,20). The number of alkyl halides is 3. The van der Waals surface area contributed by atoms with Crippen LogP contribution in [0.15, 0.2) is 18.2 Å². The van der Waals surface area contributed by atoms with E-state index in [9.17, 15) is 18.0 Å². The van der Waals surface area contributed by atoms with E-state index in [0.717, 1.165) is 0 Å². The Morgan fingerprint density at radius 3 is 2.75 bits per heavy atom. The average molecular weight is 308 g/mol. The zero-order valence-corrected chi connectivity index (χ0v) is 11.1. The molecule has 8 heteroatoms. The van der Waals surface area contributed by atoms with Crippen LogP contribution >= 0.6 is 11.6 Å².